The number of halogens is 1. The van der Waals surface area contributed by atoms with Gasteiger partial charge in [-0.15, -0.1) is 12.4 Å². The number of nitro groups is 1. The van der Waals surface area contributed by atoms with E-state index in [-0.39, 0.29) is 30.0 Å². The average molecular weight is 370 g/mol. The minimum atomic E-state index is -0.505. The highest BCUT2D eigenvalue weighted by atomic mass is 35.5. The van der Waals surface area contributed by atoms with Crippen molar-refractivity contribution in [2.75, 3.05) is 19.6 Å². The third-order valence-electron chi connectivity index (χ3n) is 3.94. The van der Waals surface area contributed by atoms with Crippen LogP contribution >= 0.6 is 12.4 Å². The Morgan fingerprint density at radius 2 is 2.36 bits per heavy atom. The van der Waals surface area contributed by atoms with Crippen molar-refractivity contribution in [1.82, 2.24) is 30.2 Å². The average Bonchev–Trinajstić information content (AvgIpc) is 3.25. The lowest BCUT2D eigenvalue weighted by Gasteiger charge is -2.22. The van der Waals surface area contributed by atoms with Gasteiger partial charge in [0.05, 0.1) is 17.5 Å². The molecule has 1 atom stereocenters. The van der Waals surface area contributed by atoms with E-state index in [1.807, 2.05) is 10.9 Å². The zero-order valence-electron chi connectivity index (χ0n) is 13.5. The summed E-state index contributed by atoms with van der Waals surface area (Å²) >= 11 is 0. The number of rotatable bonds is 6. The van der Waals surface area contributed by atoms with Gasteiger partial charge in [-0.1, -0.05) is 0 Å². The Morgan fingerprint density at radius 3 is 3.04 bits per heavy atom. The Balaban J connectivity index is 0.00000225. The van der Waals surface area contributed by atoms with Crippen molar-refractivity contribution in [2.24, 2.45) is 0 Å². The highest BCUT2D eigenvalue weighted by molar-refractivity contribution is 5.92. The topological polar surface area (TPSA) is 120 Å². The largest absolute Gasteiger partial charge is 0.349 e. The zero-order valence-corrected chi connectivity index (χ0v) is 14.3. The molecule has 3 rings (SSSR count). The molecule has 0 radical (unpaired) electrons. The molecule has 1 amide bonds. The molecule has 0 saturated carbocycles. The molecular weight excluding hydrogens is 350 g/mol. The van der Waals surface area contributed by atoms with Gasteiger partial charge in [0.2, 0.25) is 0 Å². The van der Waals surface area contributed by atoms with Crippen molar-refractivity contribution in [1.29, 1.82) is 0 Å². The van der Waals surface area contributed by atoms with Crippen LogP contribution in [0.15, 0.2) is 24.7 Å². The van der Waals surface area contributed by atoms with Gasteiger partial charge in [-0.3, -0.25) is 24.3 Å². The van der Waals surface area contributed by atoms with Crippen LogP contribution in [-0.4, -0.2) is 50.0 Å². The smallest absolute Gasteiger partial charge is 0.306 e. The molecule has 136 valence electrons. The minimum absolute atomic E-state index is 0. The van der Waals surface area contributed by atoms with Crippen LogP contribution in [0.25, 0.3) is 0 Å². The molecule has 11 heteroatoms. The van der Waals surface area contributed by atoms with Crippen LogP contribution in [0.4, 0.5) is 5.69 Å². The Morgan fingerprint density at radius 1 is 1.52 bits per heavy atom. The predicted molar refractivity (Wildman–Crippen MR) is 91.8 cm³/mol. The highest BCUT2D eigenvalue weighted by Crippen LogP contribution is 2.15. The molecule has 1 fully saturated rings. The molecule has 0 bridgehead atoms. The second kappa shape index (κ2) is 8.58. The summed E-state index contributed by atoms with van der Waals surface area (Å²) in [4.78, 5) is 22.2. The van der Waals surface area contributed by atoms with Crippen LogP contribution in [0.1, 0.15) is 29.4 Å². The van der Waals surface area contributed by atoms with E-state index < -0.39 is 4.92 Å². The van der Waals surface area contributed by atoms with E-state index in [2.05, 4.69) is 20.8 Å². The Bertz CT molecular complexity index is 724. The lowest BCUT2D eigenvalue weighted by atomic mass is 10.1. The van der Waals surface area contributed by atoms with Gasteiger partial charge in [0.25, 0.3) is 5.91 Å². The monoisotopic (exact) mass is 369 g/mol. The van der Waals surface area contributed by atoms with Gasteiger partial charge in [-0.05, 0) is 25.5 Å². The van der Waals surface area contributed by atoms with Gasteiger partial charge in [-0.2, -0.15) is 10.2 Å². The number of piperidine rings is 1. The summed E-state index contributed by atoms with van der Waals surface area (Å²) in [5.41, 5.74) is 0.299. The fraction of sp³-hybridized carbons (Fsp3) is 0.500. The Kier molecular flexibility index (Phi) is 6.48. The van der Waals surface area contributed by atoms with E-state index in [0.29, 0.717) is 18.8 Å². The third-order valence-corrected chi connectivity index (χ3v) is 3.94. The molecule has 3 heterocycles. The molecule has 0 spiro atoms. The van der Waals surface area contributed by atoms with E-state index in [1.165, 1.54) is 17.1 Å². The molecule has 0 aliphatic carbocycles. The number of aromatic nitrogens is 4. The van der Waals surface area contributed by atoms with Gasteiger partial charge < -0.3 is 10.6 Å². The fourth-order valence-corrected chi connectivity index (χ4v) is 2.67. The van der Waals surface area contributed by atoms with E-state index in [1.54, 1.807) is 6.07 Å². The third kappa shape index (κ3) is 4.77. The molecule has 1 aliphatic rings. The molecule has 1 aliphatic heterocycles. The second-order valence-electron chi connectivity index (χ2n) is 5.66. The number of hydrogen-bond acceptors (Lipinski definition) is 6. The molecule has 2 N–H and O–H groups in total. The number of nitrogens with zero attached hydrogens (tertiary/aromatic N) is 5. The van der Waals surface area contributed by atoms with Gasteiger partial charge >= 0.3 is 5.69 Å². The minimum Gasteiger partial charge on any atom is -0.349 e. The van der Waals surface area contributed by atoms with Crippen LogP contribution < -0.4 is 10.6 Å². The number of hydrogen-bond donors (Lipinski definition) is 2. The maximum Gasteiger partial charge on any atom is 0.306 e. The maximum atomic E-state index is 12.1. The standard InChI is InChI=1S/C14H19N7O3.ClH/c22-14(16-5-7-19-10-12(9-17-19)21(23)24)13-3-6-20(18-13)11-2-1-4-15-8-11;/h3,6,9-11,15H,1-2,4-5,7-8H2,(H,16,22);1H. The molecule has 0 aromatic carbocycles. The second-order valence-corrected chi connectivity index (χ2v) is 5.66. The van der Waals surface area contributed by atoms with Gasteiger partial charge in [0, 0.05) is 19.3 Å². The number of carbonyl (C=O) groups is 1. The molecular formula is C14H20ClN7O3. The lowest BCUT2D eigenvalue weighted by Crippen LogP contribution is -2.32. The Labute approximate surface area is 150 Å². The predicted octanol–water partition coefficient (Wildman–Crippen LogP) is 0.764. The summed E-state index contributed by atoms with van der Waals surface area (Å²) in [5, 5.41) is 24.8. The van der Waals surface area contributed by atoms with Crippen molar-refractivity contribution in [2.45, 2.75) is 25.4 Å². The summed E-state index contributed by atoms with van der Waals surface area (Å²) in [5.74, 6) is -0.265. The van der Waals surface area contributed by atoms with E-state index in [9.17, 15) is 14.9 Å². The first-order chi connectivity index (χ1) is 11.6. The first kappa shape index (κ1) is 18.9. The molecule has 10 nitrogen and oxygen atoms in total. The zero-order chi connectivity index (χ0) is 16.9. The van der Waals surface area contributed by atoms with E-state index >= 15 is 0 Å². The number of amides is 1. The van der Waals surface area contributed by atoms with Crippen LogP contribution in [0, 0.1) is 10.1 Å². The van der Waals surface area contributed by atoms with Crippen LogP contribution in [0.5, 0.6) is 0 Å². The molecule has 1 saturated heterocycles. The van der Waals surface area contributed by atoms with E-state index in [0.717, 1.165) is 25.9 Å². The summed E-state index contributed by atoms with van der Waals surface area (Å²) in [6, 6.07) is 1.98. The number of carbonyl (C=O) groups excluding carboxylic acids is 1. The Hall–Kier alpha value is -2.46. The maximum absolute atomic E-state index is 12.1. The molecule has 2 aromatic rings. The van der Waals surface area contributed by atoms with Crippen LogP contribution in [0.3, 0.4) is 0 Å². The van der Waals surface area contributed by atoms with Crippen molar-refractivity contribution < 1.29 is 9.72 Å². The van der Waals surface area contributed by atoms with Crippen molar-refractivity contribution in [3.63, 3.8) is 0 Å². The fourth-order valence-electron chi connectivity index (χ4n) is 2.67. The SMILES string of the molecule is Cl.O=C(NCCn1cc([N+](=O)[O-])cn1)c1ccn(C2CCCNC2)n1. The van der Waals surface area contributed by atoms with Crippen molar-refractivity contribution in [3.05, 3.63) is 40.5 Å². The summed E-state index contributed by atoms with van der Waals surface area (Å²) in [7, 11) is 0. The summed E-state index contributed by atoms with van der Waals surface area (Å²) < 4.78 is 3.25. The van der Waals surface area contributed by atoms with Gasteiger partial charge in [0.15, 0.2) is 0 Å². The number of nitrogens with one attached hydrogen (secondary N) is 2. The van der Waals surface area contributed by atoms with Crippen LogP contribution in [0.2, 0.25) is 0 Å². The van der Waals surface area contributed by atoms with Gasteiger partial charge in [-0.25, -0.2) is 0 Å². The van der Waals surface area contributed by atoms with Crippen molar-refractivity contribution in [3.8, 4) is 0 Å². The normalized spacial score (nSPS) is 16.9. The quantitative estimate of drug-likeness (QED) is 0.573. The van der Waals surface area contributed by atoms with Gasteiger partial charge in [0.1, 0.15) is 18.1 Å². The van der Waals surface area contributed by atoms with Crippen LogP contribution in [-0.2, 0) is 6.54 Å². The van der Waals surface area contributed by atoms with Crippen molar-refractivity contribution >= 4 is 24.0 Å². The lowest BCUT2D eigenvalue weighted by molar-refractivity contribution is -0.385. The summed E-state index contributed by atoms with van der Waals surface area (Å²) in [6.07, 6.45) is 6.48. The summed E-state index contributed by atoms with van der Waals surface area (Å²) in [6.45, 7) is 2.56. The molecule has 25 heavy (non-hydrogen) atoms. The molecule has 2 aromatic heterocycles. The first-order valence-electron chi connectivity index (χ1n) is 7.84. The van der Waals surface area contributed by atoms with E-state index in [4.69, 9.17) is 0 Å². The first-order valence-corrected chi connectivity index (χ1v) is 7.84. The highest BCUT2D eigenvalue weighted by Gasteiger charge is 2.17. The molecule has 1 unspecified atom stereocenters.